The second kappa shape index (κ2) is 15.8. The topological polar surface area (TPSA) is 187 Å². The fraction of sp³-hybridized carbons (Fsp3) is 0.633. The third-order valence-electron chi connectivity index (χ3n) is 7.15. The molecule has 11 atom stereocenters. The van der Waals surface area contributed by atoms with Crippen LogP contribution in [-0.2, 0) is 76.1 Å². The minimum absolute atomic E-state index is 0.290. The van der Waals surface area contributed by atoms with Crippen LogP contribution in [0.2, 0.25) is 0 Å². The largest absolute Gasteiger partial charge is 0.463 e. The van der Waals surface area contributed by atoms with Crippen molar-refractivity contribution < 1.29 is 76.1 Å². The average Bonchev–Trinajstić information content (AvgIpc) is 3.44. The fourth-order valence-electron chi connectivity index (χ4n) is 5.41. The molecule has 0 spiro atoms. The van der Waals surface area contributed by atoms with Gasteiger partial charge >= 0.3 is 29.8 Å². The first-order valence-corrected chi connectivity index (χ1v) is 14.5. The highest BCUT2D eigenvalue weighted by Gasteiger charge is 2.59. The van der Waals surface area contributed by atoms with E-state index in [1.165, 1.54) is 27.9 Å². The molecule has 46 heavy (non-hydrogen) atoms. The van der Waals surface area contributed by atoms with Gasteiger partial charge in [-0.25, -0.2) is 0 Å². The molecular weight excluding hydrogens is 616 g/mol. The van der Waals surface area contributed by atoms with Crippen molar-refractivity contribution in [3.8, 4) is 0 Å². The lowest BCUT2D eigenvalue weighted by Crippen LogP contribution is -2.66. The molecule has 0 aliphatic carbocycles. The van der Waals surface area contributed by atoms with Gasteiger partial charge in [0.2, 0.25) is 0 Å². The molecule has 3 saturated heterocycles. The van der Waals surface area contributed by atoms with E-state index in [1.807, 2.05) is 6.07 Å². The van der Waals surface area contributed by atoms with Crippen LogP contribution in [0.5, 0.6) is 0 Å². The lowest BCUT2D eigenvalue weighted by molar-refractivity contribution is -0.352. The number of ether oxygens (including phenoxy) is 11. The van der Waals surface area contributed by atoms with Gasteiger partial charge in [0.25, 0.3) is 0 Å². The summed E-state index contributed by atoms with van der Waals surface area (Å²) in [6.07, 6.45) is -13.2. The first-order valence-electron chi connectivity index (χ1n) is 14.5. The molecule has 0 N–H and O–H groups in total. The summed E-state index contributed by atoms with van der Waals surface area (Å²) in [7, 11) is 1.28. The van der Waals surface area contributed by atoms with Gasteiger partial charge in [0, 0.05) is 47.3 Å². The molecule has 1 aromatic rings. The monoisotopic (exact) mass is 654 g/mol. The quantitative estimate of drug-likeness (QED) is 0.241. The van der Waals surface area contributed by atoms with Crippen molar-refractivity contribution in [2.24, 2.45) is 0 Å². The van der Waals surface area contributed by atoms with Crippen LogP contribution in [0.25, 0.3) is 0 Å². The highest BCUT2D eigenvalue weighted by Crippen LogP contribution is 2.42. The second-order valence-corrected chi connectivity index (χ2v) is 10.7. The smallest absolute Gasteiger partial charge is 0.303 e. The number of hydrogen-bond donors (Lipinski definition) is 0. The number of carbonyl (C=O) groups excluding carboxylic acids is 5. The molecule has 0 aromatic heterocycles. The molecular formula is C30H38O16. The molecule has 0 saturated carbocycles. The van der Waals surface area contributed by atoms with Crippen LogP contribution in [0.4, 0.5) is 0 Å². The summed E-state index contributed by atoms with van der Waals surface area (Å²) in [5.74, 6) is -3.47. The molecule has 3 aliphatic rings. The first-order chi connectivity index (χ1) is 21.9. The van der Waals surface area contributed by atoms with Crippen LogP contribution >= 0.6 is 0 Å². The zero-order valence-corrected chi connectivity index (χ0v) is 26.2. The zero-order chi connectivity index (χ0) is 33.5. The van der Waals surface area contributed by atoms with Crippen molar-refractivity contribution in [1.29, 1.82) is 0 Å². The average molecular weight is 655 g/mol. The van der Waals surface area contributed by atoms with Crippen LogP contribution in [0, 0.1) is 0 Å². The predicted octanol–water partition coefficient (Wildman–Crippen LogP) is 0.872. The van der Waals surface area contributed by atoms with Gasteiger partial charge in [0.05, 0.1) is 0 Å². The van der Waals surface area contributed by atoms with E-state index in [-0.39, 0.29) is 6.61 Å². The van der Waals surface area contributed by atoms with Gasteiger partial charge < -0.3 is 52.1 Å². The minimum Gasteiger partial charge on any atom is -0.463 e. The van der Waals surface area contributed by atoms with Crippen LogP contribution in [0.1, 0.15) is 46.5 Å². The summed E-state index contributed by atoms with van der Waals surface area (Å²) in [5, 5.41) is 0. The molecule has 0 unspecified atom stereocenters. The second-order valence-electron chi connectivity index (χ2n) is 10.7. The Labute approximate surface area is 264 Å². The van der Waals surface area contributed by atoms with Gasteiger partial charge in [-0.3, -0.25) is 24.0 Å². The third-order valence-corrected chi connectivity index (χ3v) is 7.15. The van der Waals surface area contributed by atoms with Crippen LogP contribution in [-0.4, -0.2) is 112 Å². The maximum Gasteiger partial charge on any atom is 0.303 e. The Balaban J connectivity index is 1.73. The summed E-state index contributed by atoms with van der Waals surface area (Å²) in [6, 6.07) is 8.96. The molecule has 1 aromatic carbocycles. The van der Waals surface area contributed by atoms with Gasteiger partial charge in [-0.05, 0) is 0 Å². The Morgan fingerprint density at radius 1 is 0.587 bits per heavy atom. The van der Waals surface area contributed by atoms with Crippen molar-refractivity contribution in [2.75, 3.05) is 20.3 Å². The van der Waals surface area contributed by atoms with Crippen molar-refractivity contribution in [3.63, 3.8) is 0 Å². The number of benzene rings is 1. The van der Waals surface area contributed by atoms with E-state index in [1.54, 1.807) is 24.3 Å². The lowest BCUT2D eigenvalue weighted by Gasteiger charge is -2.47. The number of fused-ring (bicyclic) bond motifs is 1. The zero-order valence-electron chi connectivity index (χ0n) is 26.2. The third kappa shape index (κ3) is 8.77. The molecule has 3 aliphatic heterocycles. The maximum absolute atomic E-state index is 12.4. The first kappa shape index (κ1) is 35.2. The molecule has 0 amide bonds. The summed E-state index contributed by atoms with van der Waals surface area (Å²) in [4.78, 5) is 60.3. The van der Waals surface area contributed by atoms with Crippen LogP contribution < -0.4 is 0 Å². The number of esters is 5. The van der Waals surface area contributed by atoms with Gasteiger partial charge in [-0.2, -0.15) is 0 Å². The summed E-state index contributed by atoms with van der Waals surface area (Å²) in [6.45, 7) is 5.15. The van der Waals surface area contributed by atoms with Crippen molar-refractivity contribution >= 4 is 29.8 Å². The summed E-state index contributed by atoms with van der Waals surface area (Å²) >= 11 is 0. The van der Waals surface area contributed by atoms with Crippen LogP contribution in [0.15, 0.2) is 30.3 Å². The highest BCUT2D eigenvalue weighted by atomic mass is 16.8. The standard InChI is InChI=1S/C30H38O16/c1-14(31)37-12-20-22(24(39-16(3)33)26(40-17(4)34)29(36-6)42-20)45-30-27(41-18(5)35)25-23(21(43-30)13-38-15(2)32)44-28(46-25)19-10-8-7-9-11-19/h7-11,20-30H,12-13H2,1-6H3/t20-,21-,22-,23+,24+,25+,26-,27-,28-,29-,30+/m1/s1. The minimum atomic E-state index is -1.49. The van der Waals surface area contributed by atoms with E-state index in [4.69, 9.17) is 52.1 Å². The predicted molar refractivity (Wildman–Crippen MR) is 148 cm³/mol. The molecule has 254 valence electrons. The highest BCUT2D eigenvalue weighted by molar-refractivity contribution is 5.68. The Hall–Kier alpha value is -3.67. The van der Waals surface area contributed by atoms with Crippen molar-refractivity contribution in [3.05, 3.63) is 35.9 Å². The maximum atomic E-state index is 12.4. The normalized spacial score (nSPS) is 33.7. The van der Waals surface area contributed by atoms with Crippen molar-refractivity contribution in [1.82, 2.24) is 0 Å². The van der Waals surface area contributed by atoms with Gasteiger partial charge in [0.1, 0.15) is 43.7 Å². The Morgan fingerprint density at radius 3 is 1.67 bits per heavy atom. The molecule has 3 fully saturated rings. The molecule has 0 radical (unpaired) electrons. The summed E-state index contributed by atoms with van der Waals surface area (Å²) in [5.41, 5.74) is 0.661. The number of carbonyl (C=O) groups is 5. The van der Waals surface area contributed by atoms with Gasteiger partial charge in [0.15, 0.2) is 37.2 Å². The van der Waals surface area contributed by atoms with E-state index in [9.17, 15) is 24.0 Å². The molecule has 16 nitrogen and oxygen atoms in total. The molecule has 4 rings (SSSR count). The lowest BCUT2D eigenvalue weighted by atomic mass is 9.96. The van der Waals surface area contributed by atoms with E-state index in [2.05, 4.69) is 0 Å². The van der Waals surface area contributed by atoms with Crippen LogP contribution in [0.3, 0.4) is 0 Å². The van der Waals surface area contributed by atoms with Gasteiger partial charge in [-0.15, -0.1) is 0 Å². The molecule has 16 heteroatoms. The SMILES string of the molecule is CO[C@@H]1O[C@H](COC(C)=O)[C@@H](O[C@@H]2O[C@H](COC(C)=O)[C@@H]3O[C@@H](c4ccccc4)O[C@@H]3[C@H]2OC(C)=O)[C@H](OC(C)=O)[C@H]1OC(C)=O. The van der Waals surface area contributed by atoms with E-state index in [0.29, 0.717) is 5.56 Å². The fourth-order valence-corrected chi connectivity index (χ4v) is 5.41. The van der Waals surface area contributed by atoms with Crippen molar-refractivity contribution in [2.45, 2.75) is 102 Å². The number of methoxy groups -OCH3 is 1. The summed E-state index contributed by atoms with van der Waals surface area (Å²) < 4.78 is 63.5. The molecule has 3 heterocycles. The molecule has 0 bridgehead atoms. The number of hydrogen-bond acceptors (Lipinski definition) is 16. The van der Waals surface area contributed by atoms with Gasteiger partial charge in [-0.1, -0.05) is 30.3 Å². The van der Waals surface area contributed by atoms with E-state index in [0.717, 1.165) is 13.8 Å². The number of rotatable bonds is 11. The Bertz CT molecular complexity index is 1240. The Kier molecular flexibility index (Phi) is 12.0. The van der Waals surface area contributed by atoms with E-state index >= 15 is 0 Å². The van der Waals surface area contributed by atoms with E-state index < -0.39 is 104 Å². The Morgan fingerprint density at radius 2 is 1.11 bits per heavy atom.